The Kier molecular flexibility index (Phi) is 7.22. The fourth-order valence-electron chi connectivity index (χ4n) is 3.82. The highest BCUT2D eigenvalue weighted by molar-refractivity contribution is 7.80. The number of aromatic hydroxyl groups is 1. The van der Waals surface area contributed by atoms with E-state index in [2.05, 4.69) is 47.6 Å². The van der Waals surface area contributed by atoms with Crippen molar-refractivity contribution in [1.82, 2.24) is 4.57 Å². The number of azo groups is 1. The number of para-hydroxylation sites is 1. The Morgan fingerprint density at radius 3 is 2.57 bits per heavy atom. The molecule has 1 aromatic heterocycles. The van der Waals surface area contributed by atoms with Crippen molar-refractivity contribution < 1.29 is 14.6 Å². The summed E-state index contributed by atoms with van der Waals surface area (Å²) in [6.07, 6.45) is 0. The van der Waals surface area contributed by atoms with Gasteiger partial charge in [0, 0.05) is 11.1 Å². The van der Waals surface area contributed by atoms with Crippen LogP contribution in [0.15, 0.2) is 77.0 Å². The second kappa shape index (κ2) is 10.5. The summed E-state index contributed by atoms with van der Waals surface area (Å²) in [5.41, 5.74) is 5.74. The van der Waals surface area contributed by atoms with E-state index in [0.717, 1.165) is 27.6 Å². The van der Waals surface area contributed by atoms with Crippen LogP contribution in [0.25, 0.3) is 10.9 Å². The molecule has 0 amide bonds. The summed E-state index contributed by atoms with van der Waals surface area (Å²) < 4.78 is 6.82. The largest absolute Gasteiger partial charge is 0.493 e. The van der Waals surface area contributed by atoms with E-state index >= 15 is 0 Å². The molecular weight excluding hydrogens is 460 g/mol. The Morgan fingerprint density at radius 2 is 1.83 bits per heavy atom. The lowest BCUT2D eigenvalue weighted by atomic mass is 10.1. The van der Waals surface area contributed by atoms with E-state index in [0.29, 0.717) is 30.1 Å². The van der Waals surface area contributed by atoms with Gasteiger partial charge in [-0.05, 0) is 74.4 Å². The summed E-state index contributed by atoms with van der Waals surface area (Å²) >= 11 is 5.32. The lowest BCUT2D eigenvalue weighted by molar-refractivity contribution is 0.0526. The number of carbonyl (C=O) groups excluding carboxylic acids is 1. The van der Waals surface area contributed by atoms with E-state index in [1.165, 1.54) is 0 Å². The quantitative estimate of drug-likeness (QED) is 0.181. The molecule has 2 N–H and O–H groups in total. The lowest BCUT2D eigenvalue weighted by Gasteiger charge is -2.11. The highest BCUT2D eigenvalue weighted by atomic mass is 32.1. The molecule has 3 aromatic carbocycles. The molecular formula is C27H26N4O3S. The van der Waals surface area contributed by atoms with E-state index in [1.54, 1.807) is 31.2 Å². The number of nitrogens with zero attached hydrogens (tertiary/aromatic N) is 3. The number of carbonyl (C=O) groups is 1. The van der Waals surface area contributed by atoms with Gasteiger partial charge in [-0.1, -0.05) is 42.0 Å². The van der Waals surface area contributed by atoms with Crippen molar-refractivity contribution in [2.75, 3.05) is 11.9 Å². The zero-order chi connectivity index (χ0) is 24.9. The Bertz CT molecular complexity index is 1420. The summed E-state index contributed by atoms with van der Waals surface area (Å²) in [7, 11) is 0. The van der Waals surface area contributed by atoms with Gasteiger partial charge in [-0.15, -0.1) is 10.2 Å². The molecule has 0 aliphatic carbocycles. The maximum Gasteiger partial charge on any atom is 0.338 e. The van der Waals surface area contributed by atoms with Crippen molar-refractivity contribution in [2.45, 2.75) is 27.3 Å². The van der Waals surface area contributed by atoms with E-state index in [1.807, 2.05) is 28.8 Å². The number of aromatic nitrogens is 1. The van der Waals surface area contributed by atoms with Crippen LogP contribution in [0, 0.1) is 13.8 Å². The van der Waals surface area contributed by atoms with Crippen LogP contribution >= 0.6 is 12.2 Å². The Hall–Kier alpha value is -4.04. The third-order valence-electron chi connectivity index (χ3n) is 5.64. The van der Waals surface area contributed by atoms with Crippen LogP contribution in [-0.4, -0.2) is 27.4 Å². The fraction of sp³-hybridized carbons (Fsp3) is 0.185. The first kappa shape index (κ1) is 24.1. The molecule has 0 unspecified atom stereocenters. The number of fused-ring (bicyclic) bond motifs is 1. The van der Waals surface area contributed by atoms with Gasteiger partial charge in [0.15, 0.2) is 5.69 Å². The Labute approximate surface area is 209 Å². The molecule has 0 aliphatic rings. The van der Waals surface area contributed by atoms with E-state index in [9.17, 15) is 9.90 Å². The Balaban J connectivity index is 1.57. The van der Waals surface area contributed by atoms with Crippen LogP contribution in [0.1, 0.15) is 34.0 Å². The van der Waals surface area contributed by atoms with Crippen LogP contribution < -0.4 is 5.32 Å². The maximum atomic E-state index is 11.8. The normalized spacial score (nSPS) is 11.2. The monoisotopic (exact) mass is 486 g/mol. The van der Waals surface area contributed by atoms with Crippen LogP contribution in [0.2, 0.25) is 0 Å². The smallest absolute Gasteiger partial charge is 0.338 e. The third kappa shape index (κ3) is 5.38. The number of thiocarbonyl (C=S) groups is 1. The highest BCUT2D eigenvalue weighted by Gasteiger charge is 2.17. The van der Waals surface area contributed by atoms with Gasteiger partial charge in [-0.2, -0.15) is 0 Å². The highest BCUT2D eigenvalue weighted by Crippen LogP contribution is 2.39. The molecule has 0 bridgehead atoms. The van der Waals surface area contributed by atoms with Gasteiger partial charge in [0.2, 0.25) is 11.0 Å². The summed E-state index contributed by atoms with van der Waals surface area (Å²) in [6, 6.07) is 20.6. The molecule has 0 saturated heterocycles. The SMILES string of the molecule is CCOC(=O)c1ccc(NC(=S)N=Nc2c(O)n(Cc3cc(C)ccc3C)c3ccccc23)cc1. The predicted octanol–water partition coefficient (Wildman–Crippen LogP) is 6.67. The zero-order valence-corrected chi connectivity index (χ0v) is 20.6. The average molecular weight is 487 g/mol. The molecule has 0 atom stereocenters. The average Bonchev–Trinajstić information content (AvgIpc) is 3.11. The summed E-state index contributed by atoms with van der Waals surface area (Å²) in [6.45, 7) is 6.69. The van der Waals surface area contributed by atoms with Crippen molar-refractivity contribution in [3.05, 3.63) is 89.0 Å². The number of anilines is 1. The summed E-state index contributed by atoms with van der Waals surface area (Å²) in [4.78, 5) is 11.8. The van der Waals surface area contributed by atoms with E-state index in [-0.39, 0.29) is 17.0 Å². The number of ether oxygens (including phenoxy) is 1. The van der Waals surface area contributed by atoms with Crippen LogP contribution in [-0.2, 0) is 11.3 Å². The number of rotatable bonds is 6. The second-order valence-corrected chi connectivity index (χ2v) is 8.52. The molecule has 1 heterocycles. The minimum atomic E-state index is -0.381. The molecule has 4 rings (SSSR count). The summed E-state index contributed by atoms with van der Waals surface area (Å²) in [5, 5.41) is 23.3. The standard InChI is InChI=1S/C27H26N4O3S/c1-4-34-26(33)19-11-13-21(14-12-19)28-27(35)30-29-24-22-7-5-6-8-23(22)31(25(24)32)16-20-15-17(2)9-10-18(20)3/h5-15,32H,4,16H2,1-3H3,(H,28,35). The molecule has 0 radical (unpaired) electrons. The third-order valence-corrected chi connectivity index (χ3v) is 5.82. The molecule has 0 aliphatic heterocycles. The number of hydrogen-bond acceptors (Lipinski definition) is 5. The van der Waals surface area contributed by atoms with Crippen LogP contribution in [0.3, 0.4) is 0 Å². The van der Waals surface area contributed by atoms with Gasteiger partial charge >= 0.3 is 5.97 Å². The Morgan fingerprint density at radius 1 is 1.09 bits per heavy atom. The zero-order valence-electron chi connectivity index (χ0n) is 19.8. The minimum absolute atomic E-state index is 0.0254. The van der Waals surface area contributed by atoms with Crippen LogP contribution in [0.5, 0.6) is 5.88 Å². The number of esters is 1. The fourth-order valence-corrected chi connectivity index (χ4v) is 3.98. The molecule has 0 spiro atoms. The second-order valence-electron chi connectivity index (χ2n) is 8.13. The first-order chi connectivity index (χ1) is 16.9. The maximum absolute atomic E-state index is 11.8. The molecule has 178 valence electrons. The number of benzene rings is 3. The number of nitrogens with one attached hydrogen (secondary N) is 1. The molecule has 7 nitrogen and oxygen atoms in total. The predicted molar refractivity (Wildman–Crippen MR) is 142 cm³/mol. The van der Waals surface area contributed by atoms with Gasteiger partial charge in [0.05, 0.1) is 24.2 Å². The number of aryl methyl sites for hydroxylation is 2. The van der Waals surface area contributed by atoms with Crippen molar-refractivity contribution in [1.29, 1.82) is 0 Å². The molecule has 0 fully saturated rings. The molecule has 4 aromatic rings. The van der Waals surface area contributed by atoms with Gasteiger partial charge in [0.1, 0.15) is 0 Å². The van der Waals surface area contributed by atoms with E-state index in [4.69, 9.17) is 17.0 Å². The van der Waals surface area contributed by atoms with Crippen molar-refractivity contribution in [3.8, 4) is 5.88 Å². The number of hydrogen-bond donors (Lipinski definition) is 2. The van der Waals surface area contributed by atoms with Crippen LogP contribution in [0.4, 0.5) is 11.4 Å². The molecule has 8 heteroatoms. The van der Waals surface area contributed by atoms with Gasteiger partial charge in [-0.3, -0.25) is 0 Å². The molecule has 0 saturated carbocycles. The van der Waals surface area contributed by atoms with E-state index < -0.39 is 0 Å². The van der Waals surface area contributed by atoms with Crippen molar-refractivity contribution in [3.63, 3.8) is 0 Å². The topological polar surface area (TPSA) is 88.2 Å². The minimum Gasteiger partial charge on any atom is -0.493 e. The van der Waals surface area contributed by atoms with Gasteiger partial charge in [-0.25, -0.2) is 4.79 Å². The first-order valence-electron chi connectivity index (χ1n) is 11.2. The first-order valence-corrected chi connectivity index (χ1v) is 11.6. The van der Waals surface area contributed by atoms with Crippen molar-refractivity contribution in [2.24, 2.45) is 10.2 Å². The lowest BCUT2D eigenvalue weighted by Crippen LogP contribution is -2.07. The van der Waals surface area contributed by atoms with Crippen molar-refractivity contribution >= 4 is 45.6 Å². The van der Waals surface area contributed by atoms with Gasteiger partial charge in [0.25, 0.3) is 0 Å². The van der Waals surface area contributed by atoms with Gasteiger partial charge < -0.3 is 19.7 Å². The molecule has 35 heavy (non-hydrogen) atoms. The summed E-state index contributed by atoms with van der Waals surface area (Å²) in [5.74, 6) is -0.355.